The van der Waals surface area contributed by atoms with Gasteiger partial charge in [-0.25, -0.2) is 4.98 Å². The van der Waals surface area contributed by atoms with Gasteiger partial charge >= 0.3 is 0 Å². The van der Waals surface area contributed by atoms with Crippen molar-refractivity contribution >= 4 is 16.5 Å². The normalized spacial score (nSPS) is 19.1. The van der Waals surface area contributed by atoms with Crippen molar-refractivity contribution in [2.24, 2.45) is 0 Å². The lowest BCUT2D eigenvalue weighted by Gasteiger charge is -2.32. The first-order valence-corrected chi connectivity index (χ1v) is 6.40. The maximum absolute atomic E-state index is 9.89. The Morgan fingerprint density at radius 2 is 1.94 bits per heavy atom. The van der Waals surface area contributed by atoms with Crippen LogP contribution in [0.25, 0.3) is 0 Å². The molecule has 1 aliphatic rings. The number of aliphatic hydroxyl groups is 1. The van der Waals surface area contributed by atoms with E-state index < -0.39 is 5.60 Å². The van der Waals surface area contributed by atoms with E-state index in [2.05, 4.69) is 21.8 Å². The fourth-order valence-corrected chi connectivity index (χ4v) is 2.66. The first-order chi connectivity index (χ1) is 7.47. The van der Waals surface area contributed by atoms with Gasteiger partial charge in [-0.2, -0.15) is 0 Å². The number of nitrogens with zero attached hydrogens (tertiary/aromatic N) is 3. The smallest absolute Gasteiger partial charge is 0.185 e. The van der Waals surface area contributed by atoms with Gasteiger partial charge in [-0.3, -0.25) is 0 Å². The average molecular weight is 241 g/mol. The molecule has 0 unspecified atom stereocenters. The third-order valence-corrected chi connectivity index (χ3v) is 4.24. The number of hydrogen-bond donors (Lipinski definition) is 1. The number of thiazole rings is 1. The molecule has 1 saturated heterocycles. The Balaban J connectivity index is 2.08. The maximum Gasteiger partial charge on any atom is 0.185 e. The van der Waals surface area contributed by atoms with Crippen molar-refractivity contribution in [2.45, 2.75) is 19.4 Å². The highest BCUT2D eigenvalue weighted by molar-refractivity contribution is 7.15. The summed E-state index contributed by atoms with van der Waals surface area (Å²) >= 11 is 1.59. The lowest BCUT2D eigenvalue weighted by molar-refractivity contribution is 0.0823. The number of rotatable bonds is 2. The highest BCUT2D eigenvalue weighted by Crippen LogP contribution is 2.30. The highest BCUT2D eigenvalue weighted by Gasteiger charge is 2.22. The summed E-state index contributed by atoms with van der Waals surface area (Å²) in [5, 5.41) is 10.9. The molecule has 0 spiro atoms. The van der Waals surface area contributed by atoms with Crippen molar-refractivity contribution in [1.29, 1.82) is 0 Å². The van der Waals surface area contributed by atoms with E-state index in [1.165, 1.54) is 0 Å². The number of anilines is 1. The fourth-order valence-electron chi connectivity index (χ4n) is 1.69. The molecule has 0 aliphatic carbocycles. The Hall–Kier alpha value is -0.650. The molecule has 2 rings (SSSR count). The lowest BCUT2D eigenvalue weighted by atomic mass is 10.1. The van der Waals surface area contributed by atoms with Crippen LogP contribution in [0.5, 0.6) is 0 Å². The Bertz CT molecular complexity index is 350. The van der Waals surface area contributed by atoms with Gasteiger partial charge in [-0.15, -0.1) is 0 Å². The largest absolute Gasteiger partial charge is 0.385 e. The molecule has 1 aliphatic heterocycles. The van der Waals surface area contributed by atoms with Gasteiger partial charge in [0.25, 0.3) is 0 Å². The summed E-state index contributed by atoms with van der Waals surface area (Å²) in [7, 11) is 2.14. The van der Waals surface area contributed by atoms with Crippen LogP contribution < -0.4 is 4.90 Å². The number of likely N-dealkylation sites (N-methyl/N-ethyl adjacent to an activating group) is 1. The summed E-state index contributed by atoms with van der Waals surface area (Å²) < 4.78 is 0. The number of aromatic nitrogens is 1. The minimum atomic E-state index is -0.775. The van der Waals surface area contributed by atoms with E-state index in [0.717, 1.165) is 36.2 Å². The predicted molar refractivity (Wildman–Crippen MR) is 67.1 cm³/mol. The van der Waals surface area contributed by atoms with E-state index in [0.29, 0.717) is 0 Å². The second kappa shape index (κ2) is 4.31. The molecule has 0 amide bonds. The monoisotopic (exact) mass is 241 g/mol. The van der Waals surface area contributed by atoms with E-state index >= 15 is 0 Å². The Morgan fingerprint density at radius 3 is 2.44 bits per heavy atom. The van der Waals surface area contributed by atoms with Crippen molar-refractivity contribution in [2.75, 3.05) is 38.1 Å². The molecule has 1 fully saturated rings. The molecular formula is C11H19N3OS. The molecule has 0 radical (unpaired) electrons. The van der Waals surface area contributed by atoms with Gasteiger partial charge in [0.15, 0.2) is 5.13 Å². The third-order valence-electron chi connectivity index (χ3n) is 2.87. The van der Waals surface area contributed by atoms with Crippen molar-refractivity contribution in [3.8, 4) is 0 Å². The second-order valence-electron chi connectivity index (χ2n) is 4.86. The van der Waals surface area contributed by atoms with E-state index in [-0.39, 0.29) is 0 Å². The zero-order chi connectivity index (χ0) is 11.8. The summed E-state index contributed by atoms with van der Waals surface area (Å²) in [5.74, 6) is 0. The molecule has 0 atom stereocenters. The van der Waals surface area contributed by atoms with Gasteiger partial charge in [0, 0.05) is 32.4 Å². The SMILES string of the molecule is CN1CCN(c2ncc(C(C)(C)O)s2)CC1. The van der Waals surface area contributed by atoms with Crippen molar-refractivity contribution in [3.63, 3.8) is 0 Å². The van der Waals surface area contributed by atoms with Crippen LogP contribution in [0.2, 0.25) is 0 Å². The van der Waals surface area contributed by atoms with Crippen LogP contribution in [0, 0.1) is 0 Å². The summed E-state index contributed by atoms with van der Waals surface area (Å²) in [6, 6.07) is 0. The van der Waals surface area contributed by atoms with Crippen LogP contribution in [0.4, 0.5) is 5.13 Å². The first kappa shape index (κ1) is 11.8. The van der Waals surface area contributed by atoms with Gasteiger partial charge in [-0.1, -0.05) is 11.3 Å². The Labute approximate surface area is 101 Å². The summed E-state index contributed by atoms with van der Waals surface area (Å²) in [6.07, 6.45) is 1.79. The molecule has 0 bridgehead atoms. The molecule has 0 saturated carbocycles. The molecule has 16 heavy (non-hydrogen) atoms. The second-order valence-corrected chi connectivity index (χ2v) is 5.87. The van der Waals surface area contributed by atoms with Crippen molar-refractivity contribution in [1.82, 2.24) is 9.88 Å². The van der Waals surface area contributed by atoms with Crippen LogP contribution in [0.1, 0.15) is 18.7 Å². The van der Waals surface area contributed by atoms with E-state index in [9.17, 15) is 5.11 Å². The molecule has 4 nitrogen and oxygen atoms in total. The van der Waals surface area contributed by atoms with Gasteiger partial charge in [0.1, 0.15) is 0 Å². The lowest BCUT2D eigenvalue weighted by Crippen LogP contribution is -2.44. The van der Waals surface area contributed by atoms with Gasteiger partial charge in [0.05, 0.1) is 10.5 Å². The number of hydrogen-bond acceptors (Lipinski definition) is 5. The fraction of sp³-hybridized carbons (Fsp3) is 0.727. The standard InChI is InChI=1S/C11H19N3OS/c1-11(2,15)9-8-12-10(16-9)14-6-4-13(3)5-7-14/h8,15H,4-7H2,1-3H3. The van der Waals surface area contributed by atoms with Gasteiger partial charge < -0.3 is 14.9 Å². The summed E-state index contributed by atoms with van der Waals surface area (Å²) in [5.41, 5.74) is -0.775. The predicted octanol–water partition coefficient (Wildman–Crippen LogP) is 1.12. The first-order valence-electron chi connectivity index (χ1n) is 5.59. The van der Waals surface area contributed by atoms with E-state index in [1.54, 1.807) is 31.4 Å². The topological polar surface area (TPSA) is 39.6 Å². The van der Waals surface area contributed by atoms with Crippen molar-refractivity contribution < 1.29 is 5.11 Å². The Morgan fingerprint density at radius 1 is 1.31 bits per heavy atom. The Kier molecular flexibility index (Phi) is 3.19. The molecule has 0 aromatic carbocycles. The van der Waals surface area contributed by atoms with Crippen LogP contribution in [-0.4, -0.2) is 48.2 Å². The summed E-state index contributed by atoms with van der Waals surface area (Å²) in [6.45, 7) is 7.81. The number of piperazine rings is 1. The quantitative estimate of drug-likeness (QED) is 0.842. The van der Waals surface area contributed by atoms with Crippen molar-refractivity contribution in [3.05, 3.63) is 11.1 Å². The molecule has 2 heterocycles. The minimum Gasteiger partial charge on any atom is -0.385 e. The van der Waals surface area contributed by atoms with Crippen LogP contribution in [0.3, 0.4) is 0 Å². The zero-order valence-corrected chi connectivity index (χ0v) is 10.9. The molecule has 1 N–H and O–H groups in total. The van der Waals surface area contributed by atoms with E-state index in [4.69, 9.17) is 0 Å². The van der Waals surface area contributed by atoms with Gasteiger partial charge in [0.2, 0.25) is 0 Å². The molecule has 5 heteroatoms. The molecule has 90 valence electrons. The van der Waals surface area contributed by atoms with Gasteiger partial charge in [-0.05, 0) is 20.9 Å². The summed E-state index contributed by atoms with van der Waals surface area (Å²) in [4.78, 5) is 9.94. The zero-order valence-electron chi connectivity index (χ0n) is 10.1. The third kappa shape index (κ3) is 2.53. The van der Waals surface area contributed by atoms with Crippen LogP contribution in [0.15, 0.2) is 6.20 Å². The molecule has 1 aromatic rings. The maximum atomic E-state index is 9.89. The average Bonchev–Trinajstić information content (AvgIpc) is 2.67. The van der Waals surface area contributed by atoms with Crippen LogP contribution >= 0.6 is 11.3 Å². The molecular weight excluding hydrogens is 222 g/mol. The highest BCUT2D eigenvalue weighted by atomic mass is 32.1. The minimum absolute atomic E-state index is 0.775. The van der Waals surface area contributed by atoms with Crippen LogP contribution in [-0.2, 0) is 5.60 Å². The van der Waals surface area contributed by atoms with E-state index in [1.807, 2.05) is 0 Å². The molecule has 1 aromatic heterocycles.